The van der Waals surface area contributed by atoms with Crippen molar-refractivity contribution in [3.8, 4) is 0 Å². The quantitative estimate of drug-likeness (QED) is 0.310. The zero-order valence-electron chi connectivity index (χ0n) is 19.1. The summed E-state index contributed by atoms with van der Waals surface area (Å²) < 4.78 is 1.60. The van der Waals surface area contributed by atoms with Crippen molar-refractivity contribution in [2.45, 2.75) is 45.3 Å². The van der Waals surface area contributed by atoms with Gasteiger partial charge in [-0.25, -0.2) is 9.97 Å². The lowest BCUT2D eigenvalue weighted by Crippen LogP contribution is -2.40. The van der Waals surface area contributed by atoms with Crippen molar-refractivity contribution in [3.05, 3.63) is 29.3 Å². The molecule has 34 heavy (non-hydrogen) atoms. The van der Waals surface area contributed by atoms with Gasteiger partial charge in [-0.2, -0.15) is 0 Å². The number of aromatic nitrogens is 3. The van der Waals surface area contributed by atoms with E-state index < -0.39 is 24.1 Å². The van der Waals surface area contributed by atoms with E-state index in [9.17, 15) is 14.7 Å². The SMILES string of the molecule is CC(=O)O.CC(=O)O.Cn1cncc1C(=O)N[C@H]1C[C@H](C(=O)NCCc2csc(N)n2)C[C@@H]1O. The Morgan fingerprint density at radius 2 is 1.82 bits per heavy atom. The lowest BCUT2D eigenvalue weighted by atomic mass is 10.1. The Kier molecular flexibility index (Phi) is 11.7. The topological polar surface area (TPSA) is 210 Å². The standard InChI is InChI=1S/C16H22N6O3S.2C2H4O2/c1-22-8-18-6-12(22)15(25)21-11-4-9(5-13(11)23)14(24)19-3-2-10-7-26-16(17)20-10;2*1-2(3)4/h6-9,11,13,23H,2-5H2,1H3,(H2,17,20)(H,19,24)(H,21,25);2*1H3,(H,3,4)/t9-,11-,13-;;/m0../s1. The molecule has 188 valence electrons. The minimum atomic E-state index is -0.833. The first-order valence-corrected chi connectivity index (χ1v) is 11.1. The highest BCUT2D eigenvalue weighted by Gasteiger charge is 2.37. The molecule has 13 nitrogen and oxygen atoms in total. The van der Waals surface area contributed by atoms with Crippen molar-refractivity contribution >= 4 is 40.2 Å². The zero-order chi connectivity index (χ0) is 25.8. The number of aryl methyl sites for hydroxylation is 1. The average molecular weight is 499 g/mol. The monoisotopic (exact) mass is 498 g/mol. The number of nitrogens with zero attached hydrogens (tertiary/aromatic N) is 3. The summed E-state index contributed by atoms with van der Waals surface area (Å²) in [5, 5.41) is 33.1. The number of aliphatic hydroxyl groups is 1. The second kappa shape index (κ2) is 13.9. The molecule has 0 aromatic carbocycles. The molecule has 7 N–H and O–H groups in total. The molecule has 3 atom stereocenters. The van der Waals surface area contributed by atoms with Gasteiger partial charge in [-0.05, 0) is 12.8 Å². The maximum atomic E-state index is 12.3. The molecule has 0 radical (unpaired) electrons. The predicted molar refractivity (Wildman–Crippen MR) is 123 cm³/mol. The molecular formula is C20H30N6O7S. The van der Waals surface area contributed by atoms with Gasteiger partial charge in [0.1, 0.15) is 5.69 Å². The number of rotatable bonds is 6. The first kappa shape index (κ1) is 28.5. The van der Waals surface area contributed by atoms with Gasteiger partial charge < -0.3 is 36.3 Å². The van der Waals surface area contributed by atoms with E-state index in [0.29, 0.717) is 36.6 Å². The molecule has 1 aliphatic carbocycles. The van der Waals surface area contributed by atoms with Crippen LogP contribution in [-0.4, -0.2) is 72.3 Å². The highest BCUT2D eigenvalue weighted by atomic mass is 32.1. The van der Waals surface area contributed by atoms with E-state index in [-0.39, 0.29) is 17.7 Å². The third-order valence-electron chi connectivity index (χ3n) is 4.52. The second-order valence-electron chi connectivity index (χ2n) is 7.46. The lowest BCUT2D eigenvalue weighted by molar-refractivity contribution is -0.135. The number of imidazole rings is 1. The maximum Gasteiger partial charge on any atom is 0.300 e. The number of anilines is 1. The smallest absolute Gasteiger partial charge is 0.300 e. The highest BCUT2D eigenvalue weighted by molar-refractivity contribution is 7.13. The first-order chi connectivity index (χ1) is 15.9. The van der Waals surface area contributed by atoms with Gasteiger partial charge in [0.2, 0.25) is 5.91 Å². The molecule has 2 amide bonds. The number of aliphatic carboxylic acids is 2. The molecule has 2 heterocycles. The van der Waals surface area contributed by atoms with Crippen LogP contribution in [0.3, 0.4) is 0 Å². The van der Waals surface area contributed by atoms with E-state index in [2.05, 4.69) is 20.6 Å². The van der Waals surface area contributed by atoms with Gasteiger partial charge in [-0.1, -0.05) is 0 Å². The fourth-order valence-electron chi connectivity index (χ4n) is 3.10. The van der Waals surface area contributed by atoms with Crippen molar-refractivity contribution in [2.75, 3.05) is 12.3 Å². The molecule has 0 aliphatic heterocycles. The molecule has 0 saturated heterocycles. The van der Waals surface area contributed by atoms with Crippen LogP contribution in [0.15, 0.2) is 17.9 Å². The average Bonchev–Trinajstić information content (AvgIpc) is 3.42. The van der Waals surface area contributed by atoms with E-state index in [4.69, 9.17) is 25.5 Å². The van der Waals surface area contributed by atoms with Crippen LogP contribution in [0, 0.1) is 5.92 Å². The number of carboxylic acids is 2. The Labute approximate surface area is 200 Å². The number of carbonyl (C=O) groups is 4. The van der Waals surface area contributed by atoms with Crippen molar-refractivity contribution in [1.29, 1.82) is 0 Å². The van der Waals surface area contributed by atoms with Crippen LogP contribution in [-0.2, 0) is 27.9 Å². The molecule has 14 heteroatoms. The van der Waals surface area contributed by atoms with Crippen molar-refractivity contribution in [3.63, 3.8) is 0 Å². The van der Waals surface area contributed by atoms with Crippen molar-refractivity contribution in [2.24, 2.45) is 13.0 Å². The summed E-state index contributed by atoms with van der Waals surface area (Å²) in [5.41, 5.74) is 6.83. The third-order valence-corrected chi connectivity index (χ3v) is 5.24. The number of nitrogen functional groups attached to an aromatic ring is 1. The number of hydrogen-bond donors (Lipinski definition) is 6. The molecular weight excluding hydrogens is 468 g/mol. The minimum absolute atomic E-state index is 0.121. The molecule has 1 saturated carbocycles. The van der Waals surface area contributed by atoms with Crippen LogP contribution in [0.4, 0.5) is 5.13 Å². The van der Waals surface area contributed by atoms with Crippen molar-refractivity contribution in [1.82, 2.24) is 25.2 Å². The number of hydrogen-bond acceptors (Lipinski definition) is 9. The van der Waals surface area contributed by atoms with E-state index in [1.807, 2.05) is 5.38 Å². The molecule has 0 bridgehead atoms. The predicted octanol–water partition coefficient (Wildman–Crippen LogP) is -0.131. The largest absolute Gasteiger partial charge is 0.481 e. The number of thiazole rings is 1. The Bertz CT molecular complexity index is 956. The summed E-state index contributed by atoms with van der Waals surface area (Å²) in [4.78, 5) is 50.6. The van der Waals surface area contributed by atoms with Gasteiger partial charge >= 0.3 is 0 Å². The van der Waals surface area contributed by atoms with E-state index in [1.54, 1.807) is 11.6 Å². The van der Waals surface area contributed by atoms with E-state index in [1.165, 1.54) is 23.9 Å². The van der Waals surface area contributed by atoms with Gasteiger partial charge in [-0.3, -0.25) is 19.2 Å². The Morgan fingerprint density at radius 1 is 1.21 bits per heavy atom. The third kappa shape index (κ3) is 10.4. The van der Waals surface area contributed by atoms with Crippen LogP contribution in [0.1, 0.15) is 42.9 Å². The molecule has 0 spiro atoms. The Balaban J connectivity index is 0.000000629. The molecule has 0 unspecified atom stereocenters. The minimum Gasteiger partial charge on any atom is -0.481 e. The first-order valence-electron chi connectivity index (χ1n) is 10.2. The summed E-state index contributed by atoms with van der Waals surface area (Å²) in [6.45, 7) is 2.63. The Morgan fingerprint density at radius 3 is 2.32 bits per heavy atom. The second-order valence-corrected chi connectivity index (χ2v) is 8.35. The van der Waals surface area contributed by atoms with Crippen LogP contribution in [0.5, 0.6) is 0 Å². The van der Waals surface area contributed by atoms with Gasteiger partial charge in [0.25, 0.3) is 17.8 Å². The van der Waals surface area contributed by atoms with Crippen LogP contribution >= 0.6 is 11.3 Å². The molecule has 2 aromatic heterocycles. The summed E-state index contributed by atoms with van der Waals surface area (Å²) in [5.74, 6) is -2.43. The Hall–Kier alpha value is -3.52. The fourth-order valence-corrected chi connectivity index (χ4v) is 3.70. The van der Waals surface area contributed by atoms with E-state index >= 15 is 0 Å². The van der Waals surface area contributed by atoms with Gasteiger partial charge in [0.15, 0.2) is 5.13 Å². The number of nitrogens with one attached hydrogen (secondary N) is 2. The number of aliphatic hydroxyl groups excluding tert-OH is 1. The molecule has 1 fully saturated rings. The fraction of sp³-hybridized carbons (Fsp3) is 0.500. The summed E-state index contributed by atoms with van der Waals surface area (Å²) in [6.07, 6.45) is 3.58. The number of nitrogens with two attached hydrogens (primary N) is 1. The number of amides is 2. The summed E-state index contributed by atoms with van der Waals surface area (Å²) in [6, 6.07) is -0.452. The van der Waals surface area contributed by atoms with Crippen LogP contribution in [0.2, 0.25) is 0 Å². The maximum absolute atomic E-state index is 12.3. The number of carbonyl (C=O) groups excluding carboxylic acids is 2. The van der Waals surface area contributed by atoms with Gasteiger partial charge in [0, 0.05) is 45.2 Å². The number of carboxylic acid groups (broad SMARTS) is 2. The molecule has 2 aromatic rings. The normalized spacial score (nSPS) is 18.5. The van der Waals surface area contributed by atoms with Gasteiger partial charge in [0.05, 0.1) is 30.4 Å². The summed E-state index contributed by atoms with van der Waals surface area (Å²) in [7, 11) is 1.72. The highest BCUT2D eigenvalue weighted by Crippen LogP contribution is 2.26. The molecule has 3 rings (SSSR count). The van der Waals surface area contributed by atoms with Crippen LogP contribution < -0.4 is 16.4 Å². The zero-order valence-corrected chi connectivity index (χ0v) is 19.9. The molecule has 1 aliphatic rings. The summed E-state index contributed by atoms with van der Waals surface area (Å²) >= 11 is 1.37. The lowest BCUT2D eigenvalue weighted by Gasteiger charge is -2.16. The van der Waals surface area contributed by atoms with Crippen LogP contribution in [0.25, 0.3) is 0 Å². The van der Waals surface area contributed by atoms with E-state index in [0.717, 1.165) is 19.5 Å². The van der Waals surface area contributed by atoms with Gasteiger partial charge in [-0.15, -0.1) is 11.3 Å². The van der Waals surface area contributed by atoms with Crippen molar-refractivity contribution < 1.29 is 34.5 Å².